The highest BCUT2D eigenvalue weighted by atomic mass is 16.2. The Bertz CT molecular complexity index is 741. The minimum absolute atomic E-state index is 0.106. The molecule has 0 aromatic heterocycles. The normalized spacial score (nSPS) is 15.7. The first-order valence-corrected chi connectivity index (χ1v) is 8.98. The Morgan fingerprint density at radius 2 is 1.88 bits per heavy atom. The number of aryl methyl sites for hydroxylation is 1. The van der Waals surface area contributed by atoms with Crippen molar-refractivity contribution in [2.45, 2.75) is 32.2 Å². The summed E-state index contributed by atoms with van der Waals surface area (Å²) in [6.07, 6.45) is 5.62. The van der Waals surface area contributed by atoms with Gasteiger partial charge >= 0.3 is 0 Å². The SMILES string of the molecule is Cc1ccc(C=CC(=O)N2CCC(c3cccc(CN)c3)CC2)cc1. The van der Waals surface area contributed by atoms with E-state index in [0.717, 1.165) is 31.5 Å². The minimum Gasteiger partial charge on any atom is -0.339 e. The monoisotopic (exact) mass is 334 g/mol. The number of rotatable bonds is 4. The fraction of sp³-hybridized carbons (Fsp3) is 0.318. The molecule has 25 heavy (non-hydrogen) atoms. The quantitative estimate of drug-likeness (QED) is 0.863. The molecule has 0 bridgehead atoms. The van der Waals surface area contributed by atoms with E-state index in [4.69, 9.17) is 5.73 Å². The number of hydrogen-bond donors (Lipinski definition) is 1. The van der Waals surface area contributed by atoms with Crippen LogP contribution < -0.4 is 5.73 Å². The largest absolute Gasteiger partial charge is 0.339 e. The van der Waals surface area contributed by atoms with Crippen molar-refractivity contribution in [3.8, 4) is 0 Å². The third-order valence-corrected chi connectivity index (χ3v) is 4.96. The van der Waals surface area contributed by atoms with Gasteiger partial charge in [-0.25, -0.2) is 0 Å². The second-order valence-corrected chi connectivity index (χ2v) is 6.79. The molecule has 0 unspecified atom stereocenters. The van der Waals surface area contributed by atoms with Crippen molar-refractivity contribution in [3.63, 3.8) is 0 Å². The van der Waals surface area contributed by atoms with Crippen LogP contribution in [0.3, 0.4) is 0 Å². The molecule has 0 spiro atoms. The van der Waals surface area contributed by atoms with E-state index in [1.165, 1.54) is 16.7 Å². The summed E-state index contributed by atoms with van der Waals surface area (Å²) in [4.78, 5) is 14.4. The third kappa shape index (κ3) is 4.58. The smallest absolute Gasteiger partial charge is 0.246 e. The molecule has 3 heteroatoms. The van der Waals surface area contributed by atoms with Crippen LogP contribution in [0, 0.1) is 6.92 Å². The molecule has 0 aliphatic carbocycles. The molecule has 3 rings (SSSR count). The molecule has 1 saturated heterocycles. The molecule has 1 fully saturated rings. The van der Waals surface area contributed by atoms with E-state index >= 15 is 0 Å². The lowest BCUT2D eigenvalue weighted by molar-refractivity contribution is -0.126. The van der Waals surface area contributed by atoms with Crippen molar-refractivity contribution in [3.05, 3.63) is 76.9 Å². The van der Waals surface area contributed by atoms with Crippen LogP contribution in [0.1, 0.15) is 41.0 Å². The number of piperidine rings is 1. The van der Waals surface area contributed by atoms with Crippen LogP contribution in [0.4, 0.5) is 0 Å². The number of nitrogens with two attached hydrogens (primary N) is 1. The van der Waals surface area contributed by atoms with Crippen molar-refractivity contribution in [2.24, 2.45) is 5.73 Å². The van der Waals surface area contributed by atoms with Crippen LogP contribution in [0.5, 0.6) is 0 Å². The van der Waals surface area contributed by atoms with E-state index in [1.807, 2.05) is 23.1 Å². The van der Waals surface area contributed by atoms with Gasteiger partial charge in [-0.1, -0.05) is 54.1 Å². The highest BCUT2D eigenvalue weighted by Crippen LogP contribution is 2.28. The van der Waals surface area contributed by atoms with E-state index in [9.17, 15) is 4.79 Å². The minimum atomic E-state index is 0.106. The van der Waals surface area contributed by atoms with Gasteiger partial charge in [-0.05, 0) is 48.4 Å². The van der Waals surface area contributed by atoms with Gasteiger partial charge in [0.15, 0.2) is 0 Å². The predicted molar refractivity (Wildman–Crippen MR) is 103 cm³/mol. The second-order valence-electron chi connectivity index (χ2n) is 6.79. The van der Waals surface area contributed by atoms with Gasteiger partial charge in [-0.2, -0.15) is 0 Å². The lowest BCUT2D eigenvalue weighted by Crippen LogP contribution is -2.36. The molecule has 0 saturated carbocycles. The molecule has 2 aromatic rings. The summed E-state index contributed by atoms with van der Waals surface area (Å²) in [5.41, 5.74) is 10.6. The standard InChI is InChI=1S/C22H26N2O/c1-17-5-7-18(8-6-17)9-10-22(25)24-13-11-20(12-14-24)21-4-2-3-19(15-21)16-23/h2-10,15,20H,11-14,16,23H2,1H3. The first kappa shape index (κ1) is 17.4. The van der Waals surface area contributed by atoms with E-state index < -0.39 is 0 Å². The van der Waals surface area contributed by atoms with Crippen molar-refractivity contribution in [1.82, 2.24) is 4.90 Å². The fourth-order valence-electron chi connectivity index (χ4n) is 3.36. The van der Waals surface area contributed by atoms with Gasteiger partial charge < -0.3 is 10.6 Å². The Morgan fingerprint density at radius 3 is 2.56 bits per heavy atom. The van der Waals surface area contributed by atoms with Crippen LogP contribution in [0.15, 0.2) is 54.6 Å². The lowest BCUT2D eigenvalue weighted by Gasteiger charge is -2.31. The average molecular weight is 334 g/mol. The number of carbonyl (C=O) groups excluding carboxylic acids is 1. The average Bonchev–Trinajstić information content (AvgIpc) is 2.67. The Labute approximate surface area is 150 Å². The zero-order valence-electron chi connectivity index (χ0n) is 14.8. The topological polar surface area (TPSA) is 46.3 Å². The van der Waals surface area contributed by atoms with E-state index in [1.54, 1.807) is 6.08 Å². The first-order chi connectivity index (χ1) is 12.2. The van der Waals surface area contributed by atoms with Crippen molar-refractivity contribution >= 4 is 12.0 Å². The summed E-state index contributed by atoms with van der Waals surface area (Å²) in [7, 11) is 0. The Hall–Kier alpha value is -2.39. The molecule has 1 aliphatic rings. The summed E-state index contributed by atoms with van der Waals surface area (Å²) < 4.78 is 0. The van der Waals surface area contributed by atoms with Crippen molar-refractivity contribution in [1.29, 1.82) is 0 Å². The molecule has 1 heterocycles. The van der Waals surface area contributed by atoms with Crippen molar-refractivity contribution in [2.75, 3.05) is 13.1 Å². The van der Waals surface area contributed by atoms with Gasteiger partial charge in [0, 0.05) is 25.7 Å². The molecule has 2 aromatic carbocycles. The van der Waals surface area contributed by atoms with E-state index in [2.05, 4.69) is 43.3 Å². The number of amides is 1. The lowest BCUT2D eigenvalue weighted by atomic mass is 9.88. The van der Waals surface area contributed by atoms with E-state index in [-0.39, 0.29) is 5.91 Å². The number of hydrogen-bond acceptors (Lipinski definition) is 2. The molecule has 0 atom stereocenters. The molecule has 2 N–H and O–H groups in total. The second kappa shape index (κ2) is 8.13. The molecular formula is C22H26N2O. The molecular weight excluding hydrogens is 308 g/mol. The number of nitrogens with zero attached hydrogens (tertiary/aromatic N) is 1. The van der Waals surface area contributed by atoms with Crippen LogP contribution >= 0.6 is 0 Å². The maximum absolute atomic E-state index is 12.4. The van der Waals surface area contributed by atoms with Crippen LogP contribution in [-0.4, -0.2) is 23.9 Å². The Morgan fingerprint density at radius 1 is 1.16 bits per heavy atom. The summed E-state index contributed by atoms with van der Waals surface area (Å²) >= 11 is 0. The van der Waals surface area contributed by atoms with Crippen LogP contribution in [0.25, 0.3) is 6.08 Å². The van der Waals surface area contributed by atoms with Gasteiger partial charge in [0.2, 0.25) is 5.91 Å². The highest BCUT2D eigenvalue weighted by Gasteiger charge is 2.22. The predicted octanol–water partition coefficient (Wildman–Crippen LogP) is 3.87. The Balaban J connectivity index is 1.56. The van der Waals surface area contributed by atoms with Gasteiger partial charge in [-0.3, -0.25) is 4.79 Å². The summed E-state index contributed by atoms with van der Waals surface area (Å²) in [5, 5.41) is 0. The number of likely N-dealkylation sites (tertiary alicyclic amines) is 1. The molecule has 1 amide bonds. The highest BCUT2D eigenvalue weighted by molar-refractivity contribution is 5.91. The van der Waals surface area contributed by atoms with Gasteiger partial charge in [0.05, 0.1) is 0 Å². The van der Waals surface area contributed by atoms with Gasteiger partial charge in [-0.15, -0.1) is 0 Å². The fourth-order valence-corrected chi connectivity index (χ4v) is 3.36. The van der Waals surface area contributed by atoms with Crippen LogP contribution in [0.2, 0.25) is 0 Å². The number of carbonyl (C=O) groups is 1. The van der Waals surface area contributed by atoms with Crippen LogP contribution in [-0.2, 0) is 11.3 Å². The first-order valence-electron chi connectivity index (χ1n) is 8.98. The number of benzene rings is 2. The van der Waals surface area contributed by atoms with Gasteiger partial charge in [0.25, 0.3) is 0 Å². The molecule has 130 valence electrons. The molecule has 0 radical (unpaired) electrons. The zero-order valence-corrected chi connectivity index (χ0v) is 14.8. The molecule has 3 nitrogen and oxygen atoms in total. The maximum atomic E-state index is 12.4. The zero-order chi connectivity index (χ0) is 17.6. The van der Waals surface area contributed by atoms with E-state index in [0.29, 0.717) is 12.5 Å². The maximum Gasteiger partial charge on any atom is 0.246 e. The van der Waals surface area contributed by atoms with Gasteiger partial charge in [0.1, 0.15) is 0 Å². The summed E-state index contributed by atoms with van der Waals surface area (Å²) in [6, 6.07) is 16.7. The third-order valence-electron chi connectivity index (χ3n) is 4.96. The summed E-state index contributed by atoms with van der Waals surface area (Å²) in [6.45, 7) is 4.27. The summed E-state index contributed by atoms with van der Waals surface area (Å²) in [5.74, 6) is 0.631. The Kier molecular flexibility index (Phi) is 5.67. The van der Waals surface area contributed by atoms with Crippen molar-refractivity contribution < 1.29 is 4.79 Å². The molecule has 1 aliphatic heterocycles.